The lowest BCUT2D eigenvalue weighted by Gasteiger charge is -2.12. The zero-order chi connectivity index (χ0) is 17.1. The Morgan fingerprint density at radius 1 is 1.08 bits per heavy atom. The van der Waals surface area contributed by atoms with E-state index < -0.39 is 0 Å². The number of pyridine rings is 2. The maximum absolute atomic E-state index is 11.7. The predicted molar refractivity (Wildman–Crippen MR) is 97.1 cm³/mol. The molecular formula is C19H20N4O. The predicted octanol–water partition coefficient (Wildman–Crippen LogP) is 4.06. The summed E-state index contributed by atoms with van der Waals surface area (Å²) in [5, 5.41) is 7.59. The first kappa shape index (κ1) is 15.9. The molecule has 0 atom stereocenters. The van der Waals surface area contributed by atoms with E-state index in [4.69, 9.17) is 0 Å². The van der Waals surface area contributed by atoms with E-state index >= 15 is 0 Å². The summed E-state index contributed by atoms with van der Waals surface area (Å²) < 4.78 is 0. The summed E-state index contributed by atoms with van der Waals surface area (Å²) >= 11 is 0. The molecule has 2 N–H and O–H groups in total. The molecule has 2 heterocycles. The first-order valence-electron chi connectivity index (χ1n) is 7.94. The molecule has 5 heteroatoms. The van der Waals surface area contributed by atoms with Gasteiger partial charge in [-0.2, -0.15) is 0 Å². The lowest BCUT2D eigenvalue weighted by atomic mass is 9.97. The summed E-state index contributed by atoms with van der Waals surface area (Å²) in [4.78, 5) is 20.4. The first-order valence-corrected chi connectivity index (χ1v) is 7.94. The highest BCUT2D eigenvalue weighted by molar-refractivity contribution is 6.00. The van der Waals surface area contributed by atoms with Gasteiger partial charge in [-0.05, 0) is 55.0 Å². The minimum atomic E-state index is -0.254. The molecule has 0 radical (unpaired) electrons. The van der Waals surface area contributed by atoms with Gasteiger partial charge >= 0.3 is 6.03 Å². The molecule has 0 aliphatic heterocycles. The summed E-state index contributed by atoms with van der Waals surface area (Å²) in [5.41, 5.74) is 4.38. The van der Waals surface area contributed by atoms with Gasteiger partial charge in [0.1, 0.15) is 5.82 Å². The van der Waals surface area contributed by atoms with Crippen molar-refractivity contribution in [2.45, 2.75) is 20.8 Å². The minimum absolute atomic E-state index is 0.254. The fourth-order valence-electron chi connectivity index (χ4n) is 2.72. The first-order chi connectivity index (χ1) is 11.6. The Kier molecular flexibility index (Phi) is 4.42. The van der Waals surface area contributed by atoms with Gasteiger partial charge in [-0.25, -0.2) is 9.78 Å². The fourth-order valence-corrected chi connectivity index (χ4v) is 2.72. The largest absolute Gasteiger partial charge is 0.338 e. The van der Waals surface area contributed by atoms with Crippen LogP contribution in [0.3, 0.4) is 0 Å². The summed E-state index contributed by atoms with van der Waals surface area (Å²) in [6.45, 7) is 6.52. The number of anilines is 1. The zero-order valence-electron chi connectivity index (χ0n) is 14.1. The molecule has 2 amide bonds. The van der Waals surface area contributed by atoms with Crippen LogP contribution in [-0.2, 0) is 0 Å². The Bertz CT molecular complexity index is 905. The second kappa shape index (κ2) is 6.66. The third-order valence-corrected chi connectivity index (χ3v) is 3.88. The standard InChI is InChI=1S/C19H20N4O/c1-4-21-19(24)23-18-8-16-15(14-7-12(2)9-20-10-14)6-5-13(3)17(16)11-22-18/h5-11H,4H2,1-3H3,(H2,21,22,23,24). The van der Waals surface area contributed by atoms with Crippen LogP contribution in [0.1, 0.15) is 18.1 Å². The van der Waals surface area contributed by atoms with Crippen molar-refractivity contribution in [1.29, 1.82) is 0 Å². The number of benzene rings is 1. The van der Waals surface area contributed by atoms with Crippen LogP contribution in [-0.4, -0.2) is 22.5 Å². The Morgan fingerprint density at radius 2 is 1.92 bits per heavy atom. The Hall–Kier alpha value is -2.95. The third-order valence-electron chi connectivity index (χ3n) is 3.88. The van der Waals surface area contributed by atoms with Gasteiger partial charge in [-0.1, -0.05) is 12.1 Å². The van der Waals surface area contributed by atoms with Gasteiger partial charge in [-0.15, -0.1) is 0 Å². The average Bonchev–Trinajstić information content (AvgIpc) is 2.55. The number of aromatic nitrogens is 2. The molecule has 0 aliphatic rings. The summed E-state index contributed by atoms with van der Waals surface area (Å²) in [5.74, 6) is 0.529. The highest BCUT2D eigenvalue weighted by Crippen LogP contribution is 2.31. The molecule has 0 bridgehead atoms. The molecule has 122 valence electrons. The number of aryl methyl sites for hydroxylation is 2. The van der Waals surface area contributed by atoms with Crippen molar-refractivity contribution in [2.75, 3.05) is 11.9 Å². The minimum Gasteiger partial charge on any atom is -0.338 e. The van der Waals surface area contributed by atoms with Gasteiger partial charge in [-0.3, -0.25) is 10.3 Å². The number of urea groups is 1. The molecule has 3 rings (SSSR count). The van der Waals surface area contributed by atoms with Crippen molar-refractivity contribution >= 4 is 22.6 Å². The Balaban J connectivity index is 2.12. The molecule has 0 spiro atoms. The summed E-state index contributed by atoms with van der Waals surface area (Å²) in [7, 11) is 0. The van der Waals surface area contributed by atoms with Gasteiger partial charge in [0.2, 0.25) is 0 Å². The number of nitrogens with one attached hydrogen (secondary N) is 2. The number of rotatable bonds is 3. The molecular weight excluding hydrogens is 300 g/mol. The van der Waals surface area contributed by atoms with Gasteiger partial charge in [0.15, 0.2) is 0 Å². The number of amides is 2. The van der Waals surface area contributed by atoms with Gasteiger partial charge in [0.05, 0.1) is 0 Å². The Labute approximate surface area is 141 Å². The topological polar surface area (TPSA) is 66.9 Å². The van der Waals surface area contributed by atoms with E-state index in [-0.39, 0.29) is 6.03 Å². The number of fused-ring (bicyclic) bond motifs is 1. The summed E-state index contributed by atoms with van der Waals surface area (Å²) in [6, 6.07) is 7.93. The monoisotopic (exact) mass is 320 g/mol. The second-order valence-electron chi connectivity index (χ2n) is 5.78. The number of nitrogens with zero attached hydrogens (tertiary/aromatic N) is 2. The van der Waals surface area contributed by atoms with Crippen molar-refractivity contribution in [3.63, 3.8) is 0 Å². The van der Waals surface area contributed by atoms with Crippen LogP contribution < -0.4 is 10.6 Å². The van der Waals surface area contributed by atoms with Crippen LogP contribution in [0.2, 0.25) is 0 Å². The highest BCUT2D eigenvalue weighted by Gasteiger charge is 2.10. The molecule has 24 heavy (non-hydrogen) atoms. The molecule has 2 aromatic heterocycles. The van der Waals surface area contributed by atoms with E-state index in [0.717, 1.165) is 33.0 Å². The van der Waals surface area contributed by atoms with Crippen molar-refractivity contribution in [3.05, 3.63) is 54.0 Å². The quantitative estimate of drug-likeness (QED) is 0.765. The highest BCUT2D eigenvalue weighted by atomic mass is 16.2. The lowest BCUT2D eigenvalue weighted by molar-refractivity contribution is 0.252. The molecule has 0 fully saturated rings. The number of carbonyl (C=O) groups excluding carboxylic acids is 1. The van der Waals surface area contributed by atoms with Crippen LogP contribution in [0.25, 0.3) is 21.9 Å². The van der Waals surface area contributed by atoms with Gasteiger partial charge in [0, 0.05) is 36.1 Å². The number of hydrogen-bond acceptors (Lipinski definition) is 3. The van der Waals surface area contributed by atoms with E-state index in [9.17, 15) is 4.79 Å². The van der Waals surface area contributed by atoms with E-state index in [1.807, 2.05) is 32.3 Å². The maximum Gasteiger partial charge on any atom is 0.320 e. The number of hydrogen-bond donors (Lipinski definition) is 2. The van der Waals surface area contributed by atoms with E-state index in [2.05, 4.69) is 45.7 Å². The molecule has 0 unspecified atom stereocenters. The van der Waals surface area contributed by atoms with Crippen molar-refractivity contribution in [1.82, 2.24) is 15.3 Å². The van der Waals surface area contributed by atoms with Crippen LogP contribution in [0.4, 0.5) is 10.6 Å². The van der Waals surface area contributed by atoms with E-state index in [0.29, 0.717) is 12.4 Å². The smallest absolute Gasteiger partial charge is 0.320 e. The Morgan fingerprint density at radius 3 is 2.67 bits per heavy atom. The molecule has 1 aromatic carbocycles. The van der Waals surface area contributed by atoms with Crippen LogP contribution in [0, 0.1) is 13.8 Å². The molecule has 5 nitrogen and oxygen atoms in total. The van der Waals surface area contributed by atoms with Crippen molar-refractivity contribution in [2.24, 2.45) is 0 Å². The average molecular weight is 320 g/mol. The zero-order valence-corrected chi connectivity index (χ0v) is 14.1. The normalized spacial score (nSPS) is 10.6. The van der Waals surface area contributed by atoms with Crippen molar-refractivity contribution in [3.8, 4) is 11.1 Å². The number of carbonyl (C=O) groups is 1. The van der Waals surface area contributed by atoms with Crippen LogP contribution in [0.15, 0.2) is 42.9 Å². The maximum atomic E-state index is 11.7. The SMILES string of the molecule is CCNC(=O)Nc1cc2c(-c3cncc(C)c3)ccc(C)c2cn1. The van der Waals surface area contributed by atoms with Gasteiger partial charge in [0.25, 0.3) is 0 Å². The van der Waals surface area contributed by atoms with E-state index in [1.54, 1.807) is 6.20 Å². The van der Waals surface area contributed by atoms with Crippen LogP contribution in [0.5, 0.6) is 0 Å². The van der Waals surface area contributed by atoms with E-state index in [1.165, 1.54) is 0 Å². The van der Waals surface area contributed by atoms with Gasteiger partial charge < -0.3 is 5.32 Å². The third kappa shape index (κ3) is 3.20. The molecule has 0 aliphatic carbocycles. The second-order valence-corrected chi connectivity index (χ2v) is 5.78. The lowest BCUT2D eigenvalue weighted by Crippen LogP contribution is -2.28. The molecule has 0 saturated heterocycles. The van der Waals surface area contributed by atoms with Crippen LogP contribution >= 0.6 is 0 Å². The fraction of sp³-hybridized carbons (Fsp3) is 0.211. The molecule has 3 aromatic rings. The van der Waals surface area contributed by atoms with Crippen molar-refractivity contribution < 1.29 is 4.79 Å². The molecule has 0 saturated carbocycles. The summed E-state index contributed by atoms with van der Waals surface area (Å²) in [6.07, 6.45) is 5.50.